The molecule has 0 saturated heterocycles. The first-order valence-corrected chi connectivity index (χ1v) is 8.16. The maximum Gasteiger partial charge on any atom is 0.407 e. The van der Waals surface area contributed by atoms with Crippen molar-refractivity contribution in [3.8, 4) is 0 Å². The summed E-state index contributed by atoms with van der Waals surface area (Å²) in [6, 6.07) is 16.1. The molecule has 1 atom stereocenters. The highest BCUT2D eigenvalue weighted by Gasteiger charge is 2.19. The molecule has 0 spiro atoms. The van der Waals surface area contributed by atoms with Gasteiger partial charge in [-0.05, 0) is 24.6 Å². The summed E-state index contributed by atoms with van der Waals surface area (Å²) in [5.41, 5.74) is 1.48. The van der Waals surface area contributed by atoms with E-state index in [9.17, 15) is 9.59 Å². The van der Waals surface area contributed by atoms with E-state index in [2.05, 4.69) is 21.2 Å². The van der Waals surface area contributed by atoms with Gasteiger partial charge in [-0.1, -0.05) is 58.4 Å². The van der Waals surface area contributed by atoms with Crippen LogP contribution >= 0.6 is 15.9 Å². The molecule has 0 aliphatic rings. The Kier molecular flexibility index (Phi) is 6.35. The second-order valence-corrected chi connectivity index (χ2v) is 5.88. The minimum atomic E-state index is -0.527. The number of rotatable bonds is 6. The van der Waals surface area contributed by atoms with E-state index in [0.29, 0.717) is 5.56 Å². The van der Waals surface area contributed by atoms with Crippen molar-refractivity contribution in [1.29, 1.82) is 0 Å². The molecule has 4 nitrogen and oxygen atoms in total. The smallest absolute Gasteiger partial charge is 0.407 e. The minimum Gasteiger partial charge on any atom is -0.450 e. The molecule has 1 N–H and O–H groups in total. The Bertz CT molecular complexity index is 656. The summed E-state index contributed by atoms with van der Waals surface area (Å²) >= 11 is 3.38. The number of hydrogen-bond donors (Lipinski definition) is 1. The predicted molar refractivity (Wildman–Crippen MR) is 92.4 cm³/mol. The van der Waals surface area contributed by atoms with Gasteiger partial charge in [-0.15, -0.1) is 0 Å². The third-order valence-corrected chi connectivity index (χ3v) is 3.85. The summed E-state index contributed by atoms with van der Waals surface area (Å²) < 4.78 is 5.87. The lowest BCUT2D eigenvalue weighted by atomic mass is 9.98. The zero-order valence-electron chi connectivity index (χ0n) is 12.8. The first-order chi connectivity index (χ1) is 11.1. The molecule has 0 heterocycles. The Balaban J connectivity index is 2.17. The third kappa shape index (κ3) is 5.21. The lowest BCUT2D eigenvalue weighted by Crippen LogP contribution is -2.30. The fraction of sp³-hybridized carbons (Fsp3) is 0.222. The zero-order chi connectivity index (χ0) is 16.7. The number of alkyl carbamates (subject to hydrolysis) is 1. The molecule has 1 unspecified atom stereocenters. The highest BCUT2D eigenvalue weighted by molar-refractivity contribution is 9.10. The van der Waals surface area contributed by atoms with Crippen LogP contribution in [0.5, 0.6) is 0 Å². The summed E-state index contributed by atoms with van der Waals surface area (Å²) in [6.07, 6.45) is -0.356. The quantitative estimate of drug-likeness (QED) is 0.755. The van der Waals surface area contributed by atoms with Crippen LogP contribution in [0.3, 0.4) is 0 Å². The molecule has 0 radical (unpaired) electrons. The van der Waals surface area contributed by atoms with Gasteiger partial charge in [0.25, 0.3) is 0 Å². The monoisotopic (exact) mass is 375 g/mol. The average molecular weight is 376 g/mol. The molecule has 2 aromatic rings. The summed E-state index contributed by atoms with van der Waals surface area (Å²) in [5, 5.41) is 2.76. The van der Waals surface area contributed by atoms with Gasteiger partial charge < -0.3 is 10.1 Å². The van der Waals surface area contributed by atoms with Crippen LogP contribution in [0, 0.1) is 0 Å². The van der Waals surface area contributed by atoms with Crippen LogP contribution in [-0.2, 0) is 4.74 Å². The number of nitrogens with one attached hydrogen (secondary N) is 1. The number of Topliss-reactive ketones (excluding diaryl/α,β-unsaturated/α-hetero) is 1. The molecule has 0 aliphatic carbocycles. The van der Waals surface area contributed by atoms with Crippen molar-refractivity contribution in [1.82, 2.24) is 5.32 Å². The van der Waals surface area contributed by atoms with E-state index in [1.165, 1.54) is 0 Å². The number of ketones is 1. The molecule has 0 saturated carbocycles. The molecule has 23 heavy (non-hydrogen) atoms. The van der Waals surface area contributed by atoms with Crippen LogP contribution in [-0.4, -0.2) is 18.5 Å². The van der Waals surface area contributed by atoms with E-state index in [1.54, 1.807) is 19.1 Å². The first-order valence-electron chi connectivity index (χ1n) is 7.37. The number of amides is 1. The molecular formula is C18H18BrNO3. The van der Waals surface area contributed by atoms with Crippen molar-refractivity contribution in [2.45, 2.75) is 19.4 Å². The van der Waals surface area contributed by atoms with Crippen LogP contribution in [0.15, 0.2) is 59.1 Å². The van der Waals surface area contributed by atoms with E-state index >= 15 is 0 Å². The summed E-state index contributed by atoms with van der Waals surface area (Å²) in [7, 11) is 0. The standard InChI is InChI=1S/C18H18BrNO3/c1-2-23-18(22)20-16(13-8-10-15(19)11-9-13)12-17(21)14-6-4-3-5-7-14/h3-11,16H,2,12H2,1H3,(H,20,22). The maximum atomic E-state index is 12.4. The SMILES string of the molecule is CCOC(=O)NC(CC(=O)c1ccccc1)c1ccc(Br)cc1. The highest BCUT2D eigenvalue weighted by atomic mass is 79.9. The molecule has 0 fully saturated rings. The minimum absolute atomic E-state index is 0.0321. The van der Waals surface area contributed by atoms with E-state index in [1.807, 2.05) is 42.5 Å². The van der Waals surface area contributed by atoms with E-state index in [0.717, 1.165) is 10.0 Å². The van der Waals surface area contributed by atoms with Crippen LogP contribution in [0.25, 0.3) is 0 Å². The normalized spacial score (nSPS) is 11.6. The molecule has 2 rings (SSSR count). The van der Waals surface area contributed by atoms with Gasteiger partial charge in [0.15, 0.2) is 5.78 Å². The third-order valence-electron chi connectivity index (χ3n) is 3.33. The zero-order valence-corrected chi connectivity index (χ0v) is 14.4. The van der Waals surface area contributed by atoms with Gasteiger partial charge in [-0.3, -0.25) is 4.79 Å². The van der Waals surface area contributed by atoms with Crippen molar-refractivity contribution in [3.05, 3.63) is 70.2 Å². The molecule has 120 valence electrons. The maximum absolute atomic E-state index is 12.4. The average Bonchev–Trinajstić information content (AvgIpc) is 2.56. The molecule has 5 heteroatoms. The Hall–Kier alpha value is -2.14. The largest absolute Gasteiger partial charge is 0.450 e. The Morgan fingerprint density at radius 1 is 1.09 bits per heavy atom. The summed E-state index contributed by atoms with van der Waals surface area (Å²) in [4.78, 5) is 24.2. The number of carbonyl (C=O) groups excluding carboxylic acids is 2. The van der Waals surface area contributed by atoms with Crippen LogP contribution < -0.4 is 5.32 Å². The number of halogens is 1. The van der Waals surface area contributed by atoms with Crippen LogP contribution in [0.2, 0.25) is 0 Å². The van der Waals surface area contributed by atoms with Crippen LogP contribution in [0.1, 0.15) is 35.3 Å². The highest BCUT2D eigenvalue weighted by Crippen LogP contribution is 2.22. The molecular weight excluding hydrogens is 358 g/mol. The topological polar surface area (TPSA) is 55.4 Å². The van der Waals surface area contributed by atoms with Crippen molar-refractivity contribution >= 4 is 27.8 Å². The van der Waals surface area contributed by atoms with Crippen molar-refractivity contribution in [2.75, 3.05) is 6.61 Å². The molecule has 0 aromatic heterocycles. The van der Waals surface area contributed by atoms with Crippen LogP contribution in [0.4, 0.5) is 4.79 Å². The summed E-state index contributed by atoms with van der Waals surface area (Å²) in [5.74, 6) is -0.0321. The number of carbonyl (C=O) groups is 2. The van der Waals surface area contributed by atoms with E-state index in [4.69, 9.17) is 4.74 Å². The molecule has 0 aliphatic heterocycles. The molecule has 1 amide bonds. The molecule has 0 bridgehead atoms. The lowest BCUT2D eigenvalue weighted by Gasteiger charge is -2.18. The Labute approximate surface area is 144 Å². The van der Waals surface area contributed by atoms with Gasteiger partial charge in [0.2, 0.25) is 0 Å². The van der Waals surface area contributed by atoms with Gasteiger partial charge in [0, 0.05) is 16.5 Å². The first kappa shape index (κ1) is 17.2. The van der Waals surface area contributed by atoms with Crippen molar-refractivity contribution in [2.24, 2.45) is 0 Å². The van der Waals surface area contributed by atoms with E-state index in [-0.39, 0.29) is 18.8 Å². The second-order valence-electron chi connectivity index (χ2n) is 4.96. The fourth-order valence-electron chi connectivity index (χ4n) is 2.19. The fourth-order valence-corrected chi connectivity index (χ4v) is 2.45. The molecule has 2 aromatic carbocycles. The summed E-state index contributed by atoms with van der Waals surface area (Å²) in [6.45, 7) is 2.02. The van der Waals surface area contributed by atoms with Gasteiger partial charge in [-0.2, -0.15) is 0 Å². The Morgan fingerprint density at radius 3 is 2.35 bits per heavy atom. The van der Waals surface area contributed by atoms with Gasteiger partial charge in [-0.25, -0.2) is 4.79 Å². The van der Waals surface area contributed by atoms with Crippen molar-refractivity contribution in [3.63, 3.8) is 0 Å². The van der Waals surface area contributed by atoms with Gasteiger partial charge >= 0.3 is 6.09 Å². The van der Waals surface area contributed by atoms with Gasteiger partial charge in [0.05, 0.1) is 12.6 Å². The number of hydrogen-bond acceptors (Lipinski definition) is 3. The number of benzene rings is 2. The number of ether oxygens (including phenoxy) is 1. The van der Waals surface area contributed by atoms with Crippen molar-refractivity contribution < 1.29 is 14.3 Å². The van der Waals surface area contributed by atoms with E-state index < -0.39 is 12.1 Å². The second kappa shape index (κ2) is 8.48. The Morgan fingerprint density at radius 2 is 1.74 bits per heavy atom. The lowest BCUT2D eigenvalue weighted by molar-refractivity contribution is 0.0965. The predicted octanol–water partition coefficient (Wildman–Crippen LogP) is 4.51. The van der Waals surface area contributed by atoms with Gasteiger partial charge in [0.1, 0.15) is 0 Å².